The van der Waals surface area contributed by atoms with Crippen LogP contribution in [0.1, 0.15) is 60.8 Å². The minimum Gasteiger partial charge on any atom is -0.511 e. The van der Waals surface area contributed by atoms with Gasteiger partial charge in [0.1, 0.15) is 5.76 Å². The van der Waals surface area contributed by atoms with E-state index in [-0.39, 0.29) is 23.7 Å². The highest BCUT2D eigenvalue weighted by molar-refractivity contribution is 6.21. The lowest BCUT2D eigenvalue weighted by molar-refractivity contribution is -0.140. The summed E-state index contributed by atoms with van der Waals surface area (Å²) >= 11 is 0. The van der Waals surface area contributed by atoms with Crippen LogP contribution in [0.25, 0.3) is 0 Å². The zero-order valence-corrected chi connectivity index (χ0v) is 25.5. The number of ether oxygens (including phenoxy) is 1. The zero-order chi connectivity index (χ0) is 30.0. The smallest absolute Gasteiger partial charge is 0.305 e. The Balaban J connectivity index is 1.62. The average Bonchev–Trinajstić information content (AvgIpc) is 3.69. The van der Waals surface area contributed by atoms with E-state index in [4.69, 9.17) is 19.7 Å². The van der Waals surface area contributed by atoms with E-state index in [9.17, 15) is 9.90 Å². The standard InChI is InChI=1S/C35H38N4O3/c1-9-21-16(3)24-13-26-18(5)23(11-12-30(40)42-8)33(38-26)31-20(7)35(41)32-19(6)27(39-34(31)32)15-29-22(10-2)17(4)25(37-29)14-28(21)36-24/h9,13-15,18,20,23,38,41H,1,10-12H2,2-8H3. The SMILES string of the molecule is C=CC1=C(C)C2=NC1=CC1=NC(=CC3=C(C)C4=C(O)C(C)C(=C5NC(=C2)C(C)C5CCC(=O)OC)C4=N3)C(CC)=C1C. The van der Waals surface area contributed by atoms with Crippen molar-refractivity contribution in [3.63, 3.8) is 0 Å². The molecule has 0 aromatic heterocycles. The first kappa shape index (κ1) is 27.9. The molecule has 2 N–H and O–H groups in total. The Morgan fingerprint density at radius 2 is 1.76 bits per heavy atom. The fraction of sp³-hybridized carbons (Fsp3) is 0.371. The quantitative estimate of drug-likeness (QED) is 0.351. The van der Waals surface area contributed by atoms with Gasteiger partial charge in [-0.15, -0.1) is 0 Å². The van der Waals surface area contributed by atoms with Crippen LogP contribution in [0.4, 0.5) is 0 Å². The molecule has 216 valence electrons. The summed E-state index contributed by atoms with van der Waals surface area (Å²) in [7, 11) is 1.43. The summed E-state index contributed by atoms with van der Waals surface area (Å²) in [5, 5.41) is 15.2. The summed E-state index contributed by atoms with van der Waals surface area (Å²) in [5.41, 5.74) is 14.3. The molecule has 8 bridgehead atoms. The molecule has 5 heterocycles. The fourth-order valence-corrected chi connectivity index (χ4v) is 7.02. The number of allylic oxidation sites excluding steroid dienone is 12. The van der Waals surface area contributed by atoms with E-state index in [1.165, 1.54) is 12.7 Å². The van der Waals surface area contributed by atoms with Gasteiger partial charge in [-0.1, -0.05) is 33.4 Å². The molecule has 42 heavy (non-hydrogen) atoms. The van der Waals surface area contributed by atoms with Crippen LogP contribution in [0.5, 0.6) is 0 Å². The van der Waals surface area contributed by atoms with Gasteiger partial charge in [0.15, 0.2) is 0 Å². The summed E-state index contributed by atoms with van der Waals surface area (Å²) in [6.07, 6.45) is 9.86. The van der Waals surface area contributed by atoms with Crippen LogP contribution >= 0.6 is 0 Å². The molecule has 6 aliphatic rings. The van der Waals surface area contributed by atoms with Gasteiger partial charge in [0.05, 0.1) is 41.3 Å². The minimum absolute atomic E-state index is 0.0139. The highest BCUT2D eigenvalue weighted by Gasteiger charge is 2.44. The monoisotopic (exact) mass is 562 g/mol. The zero-order valence-electron chi connectivity index (χ0n) is 25.5. The van der Waals surface area contributed by atoms with Gasteiger partial charge in [-0.05, 0) is 74.1 Å². The van der Waals surface area contributed by atoms with E-state index in [1.807, 2.05) is 19.9 Å². The number of fused-ring (bicyclic) bond motifs is 5. The van der Waals surface area contributed by atoms with Crippen LogP contribution in [-0.2, 0) is 9.53 Å². The number of aliphatic imine (C=N–C) groups is 3. The molecule has 1 fully saturated rings. The van der Waals surface area contributed by atoms with Crippen LogP contribution in [0.2, 0.25) is 0 Å². The third-order valence-electron chi connectivity index (χ3n) is 9.59. The summed E-state index contributed by atoms with van der Waals surface area (Å²) < 4.78 is 4.99. The maximum atomic E-state index is 12.2. The van der Waals surface area contributed by atoms with Crippen molar-refractivity contribution in [1.82, 2.24) is 5.32 Å². The number of aliphatic hydroxyl groups is 1. The second-order valence-electron chi connectivity index (χ2n) is 11.8. The molecule has 0 radical (unpaired) electrons. The normalized spacial score (nSPS) is 26.4. The summed E-state index contributed by atoms with van der Waals surface area (Å²) in [6, 6.07) is 0. The van der Waals surface area contributed by atoms with Gasteiger partial charge in [-0.25, -0.2) is 15.0 Å². The maximum absolute atomic E-state index is 12.2. The van der Waals surface area contributed by atoms with E-state index in [0.29, 0.717) is 18.6 Å². The molecule has 7 heteroatoms. The van der Waals surface area contributed by atoms with Crippen molar-refractivity contribution in [2.75, 3.05) is 7.11 Å². The number of carbonyl (C=O) groups excluding carboxylic acids is 1. The molecule has 0 saturated carbocycles. The molecule has 3 atom stereocenters. The van der Waals surface area contributed by atoms with Gasteiger partial charge in [-0.3, -0.25) is 4.79 Å². The van der Waals surface area contributed by atoms with Crippen molar-refractivity contribution in [2.45, 2.75) is 60.8 Å². The Hall–Kier alpha value is -4.26. The Morgan fingerprint density at radius 3 is 2.45 bits per heavy atom. The molecule has 1 aliphatic carbocycles. The van der Waals surface area contributed by atoms with Crippen molar-refractivity contribution < 1.29 is 14.6 Å². The topological polar surface area (TPSA) is 95.6 Å². The van der Waals surface area contributed by atoms with E-state index in [1.54, 1.807) is 0 Å². The molecule has 0 aromatic carbocycles. The van der Waals surface area contributed by atoms with Crippen LogP contribution < -0.4 is 5.32 Å². The number of carbonyl (C=O) groups is 1. The Morgan fingerprint density at radius 1 is 1.05 bits per heavy atom. The van der Waals surface area contributed by atoms with Crippen LogP contribution in [0.15, 0.2) is 119 Å². The fourth-order valence-electron chi connectivity index (χ4n) is 7.02. The van der Waals surface area contributed by atoms with E-state index >= 15 is 0 Å². The molecule has 1 saturated heterocycles. The second kappa shape index (κ2) is 10.2. The third-order valence-corrected chi connectivity index (χ3v) is 9.59. The van der Waals surface area contributed by atoms with Crippen LogP contribution in [-0.4, -0.2) is 35.3 Å². The molecule has 6 rings (SSSR count). The summed E-state index contributed by atoms with van der Waals surface area (Å²) in [6.45, 7) is 16.7. The Labute approximate surface area is 247 Å². The van der Waals surface area contributed by atoms with Gasteiger partial charge >= 0.3 is 5.97 Å². The molecule has 0 amide bonds. The third kappa shape index (κ3) is 4.09. The maximum Gasteiger partial charge on any atom is 0.305 e. The van der Waals surface area contributed by atoms with Crippen molar-refractivity contribution >= 4 is 23.1 Å². The molecule has 0 spiro atoms. The predicted octanol–water partition coefficient (Wildman–Crippen LogP) is 7.04. The molecular formula is C35H38N4O3. The number of rotatable bonds is 5. The first-order valence-electron chi connectivity index (χ1n) is 14.8. The number of esters is 1. The highest BCUT2D eigenvalue weighted by atomic mass is 16.5. The Kier molecular flexibility index (Phi) is 6.79. The second-order valence-corrected chi connectivity index (χ2v) is 11.8. The molecule has 7 nitrogen and oxygen atoms in total. The number of nitrogens with one attached hydrogen (secondary N) is 1. The average molecular weight is 563 g/mol. The molecular weight excluding hydrogens is 524 g/mol. The largest absolute Gasteiger partial charge is 0.511 e. The molecule has 0 aromatic rings. The Bertz CT molecular complexity index is 1710. The highest BCUT2D eigenvalue weighted by Crippen LogP contribution is 2.48. The van der Waals surface area contributed by atoms with Gasteiger partial charge in [0, 0.05) is 52.3 Å². The van der Waals surface area contributed by atoms with Crippen LogP contribution in [0.3, 0.4) is 0 Å². The van der Waals surface area contributed by atoms with E-state index in [0.717, 1.165) is 85.5 Å². The first-order valence-corrected chi connectivity index (χ1v) is 14.8. The number of hydrogen-bond acceptors (Lipinski definition) is 7. The summed E-state index contributed by atoms with van der Waals surface area (Å²) in [5.74, 6) is -0.0310. The van der Waals surface area contributed by atoms with Crippen molar-refractivity contribution in [2.24, 2.45) is 32.7 Å². The lowest BCUT2D eigenvalue weighted by atomic mass is 9.84. The van der Waals surface area contributed by atoms with E-state index in [2.05, 4.69) is 57.8 Å². The van der Waals surface area contributed by atoms with E-state index < -0.39 is 0 Å². The van der Waals surface area contributed by atoms with Crippen molar-refractivity contribution in [1.29, 1.82) is 0 Å². The number of aliphatic hydroxyl groups excluding tert-OH is 1. The molecule has 5 aliphatic heterocycles. The van der Waals surface area contributed by atoms with Gasteiger partial charge in [-0.2, -0.15) is 0 Å². The lowest BCUT2D eigenvalue weighted by Crippen LogP contribution is -2.18. The summed E-state index contributed by atoms with van der Waals surface area (Å²) in [4.78, 5) is 27.5. The van der Waals surface area contributed by atoms with Crippen molar-refractivity contribution in [3.05, 3.63) is 104 Å². The van der Waals surface area contributed by atoms with Gasteiger partial charge in [0.25, 0.3) is 0 Å². The van der Waals surface area contributed by atoms with Crippen LogP contribution in [0, 0.1) is 17.8 Å². The van der Waals surface area contributed by atoms with Gasteiger partial charge in [0.2, 0.25) is 0 Å². The minimum atomic E-state index is -0.233. The lowest BCUT2D eigenvalue weighted by Gasteiger charge is -2.19. The number of nitrogens with zero attached hydrogens (tertiary/aromatic N) is 3. The van der Waals surface area contributed by atoms with Crippen molar-refractivity contribution in [3.8, 4) is 0 Å². The number of methoxy groups -OCH3 is 1. The first-order chi connectivity index (χ1) is 20.1. The van der Waals surface area contributed by atoms with Gasteiger partial charge < -0.3 is 15.2 Å². The number of hydrogen-bond donors (Lipinski definition) is 2. The predicted molar refractivity (Wildman–Crippen MR) is 168 cm³/mol. The molecule has 3 unspecified atom stereocenters.